The first-order chi connectivity index (χ1) is 11.9. The minimum Gasteiger partial charge on any atom is -0.508 e. The summed E-state index contributed by atoms with van der Waals surface area (Å²) in [6, 6.07) is 10.3. The van der Waals surface area contributed by atoms with Gasteiger partial charge in [0.05, 0.1) is 4.70 Å². The lowest BCUT2D eigenvalue weighted by atomic mass is 10.2. The first kappa shape index (κ1) is 16.8. The monoisotopic (exact) mass is 356 g/mol. The predicted octanol–water partition coefficient (Wildman–Crippen LogP) is 4.36. The average Bonchev–Trinajstić information content (AvgIpc) is 2.97. The number of carbonyl (C=O) groups excluding carboxylic acids is 1. The second-order valence-electron chi connectivity index (χ2n) is 5.51. The summed E-state index contributed by atoms with van der Waals surface area (Å²) in [4.78, 5) is 25.7. The summed E-state index contributed by atoms with van der Waals surface area (Å²) < 4.78 is 5.81. The summed E-state index contributed by atoms with van der Waals surface area (Å²) in [5, 5.41) is 12.9. The Labute approximate surface area is 147 Å². The highest BCUT2D eigenvalue weighted by molar-refractivity contribution is 7.22. The maximum atomic E-state index is 12.5. The number of nitrogens with zero attached hydrogens (tertiary/aromatic N) is 1. The Bertz CT molecular complexity index is 1030. The van der Waals surface area contributed by atoms with Gasteiger partial charge < -0.3 is 14.8 Å². The van der Waals surface area contributed by atoms with Gasteiger partial charge in [0.1, 0.15) is 16.3 Å². The molecule has 2 aromatic heterocycles. The fraction of sp³-hybridized carbons (Fsp3) is 0.111. The molecule has 7 heteroatoms. The molecule has 0 radical (unpaired) electrons. The lowest BCUT2D eigenvalue weighted by molar-refractivity contribution is 0.258. The van der Waals surface area contributed by atoms with E-state index in [1.54, 1.807) is 13.1 Å². The number of benzene rings is 1. The van der Waals surface area contributed by atoms with E-state index >= 15 is 0 Å². The third kappa shape index (κ3) is 3.27. The van der Waals surface area contributed by atoms with E-state index in [4.69, 9.17) is 4.42 Å². The van der Waals surface area contributed by atoms with Crippen molar-refractivity contribution in [2.45, 2.75) is 6.92 Å². The molecule has 128 valence electrons. The van der Waals surface area contributed by atoms with Gasteiger partial charge in [-0.05, 0) is 24.6 Å². The molecule has 2 amide bonds. The quantitative estimate of drug-likeness (QED) is 0.683. The molecule has 2 heterocycles. The Kier molecular flexibility index (Phi) is 4.33. The van der Waals surface area contributed by atoms with E-state index in [1.807, 2.05) is 31.2 Å². The van der Waals surface area contributed by atoms with Crippen LogP contribution in [0.25, 0.3) is 16.0 Å². The van der Waals surface area contributed by atoms with Crippen molar-refractivity contribution >= 4 is 44.1 Å². The molecule has 0 atom stereocenters. The zero-order valence-electron chi connectivity index (χ0n) is 13.7. The van der Waals surface area contributed by atoms with Gasteiger partial charge in [0.2, 0.25) is 0 Å². The average molecular weight is 356 g/mol. The highest BCUT2D eigenvalue weighted by Gasteiger charge is 2.17. The maximum absolute atomic E-state index is 12.5. The van der Waals surface area contributed by atoms with Gasteiger partial charge in [0, 0.05) is 18.8 Å². The number of thiophene rings is 1. The van der Waals surface area contributed by atoms with Crippen LogP contribution in [-0.2, 0) is 0 Å². The third-order valence-electron chi connectivity index (χ3n) is 3.74. The number of anilines is 2. The SMILES string of the molecule is C=C(O)c1cc2sc(N(C)C(=O)Nc3ccccc3C)cc2oc1=O. The van der Waals surface area contributed by atoms with E-state index in [2.05, 4.69) is 11.9 Å². The Hall–Kier alpha value is -3.06. The van der Waals surface area contributed by atoms with Gasteiger partial charge in [-0.2, -0.15) is 0 Å². The Morgan fingerprint density at radius 1 is 1.32 bits per heavy atom. The smallest absolute Gasteiger partial charge is 0.347 e. The molecule has 0 spiro atoms. The molecule has 0 aliphatic heterocycles. The molecule has 3 aromatic rings. The van der Waals surface area contributed by atoms with Crippen LogP contribution in [0.3, 0.4) is 0 Å². The van der Waals surface area contributed by atoms with Crippen LogP contribution in [0.1, 0.15) is 11.1 Å². The molecule has 25 heavy (non-hydrogen) atoms. The molecule has 0 aliphatic carbocycles. The summed E-state index contributed by atoms with van der Waals surface area (Å²) in [6.07, 6.45) is 0. The van der Waals surface area contributed by atoms with E-state index in [-0.39, 0.29) is 17.4 Å². The molecular formula is C18H16N2O4S. The van der Waals surface area contributed by atoms with E-state index in [0.717, 1.165) is 11.3 Å². The maximum Gasteiger partial charge on any atom is 0.347 e. The first-order valence-corrected chi connectivity index (χ1v) is 8.24. The zero-order chi connectivity index (χ0) is 18.1. The number of carbonyl (C=O) groups is 1. The number of para-hydroxylation sites is 1. The number of fused-ring (bicyclic) bond motifs is 1. The number of aliphatic hydroxyl groups excluding tert-OH is 1. The fourth-order valence-corrected chi connectivity index (χ4v) is 3.27. The van der Waals surface area contributed by atoms with Crippen molar-refractivity contribution < 1.29 is 14.3 Å². The van der Waals surface area contributed by atoms with Gasteiger partial charge in [-0.3, -0.25) is 4.90 Å². The molecule has 6 nitrogen and oxygen atoms in total. The molecule has 0 saturated heterocycles. The molecule has 0 bridgehead atoms. The van der Waals surface area contributed by atoms with Gasteiger partial charge in [0.15, 0.2) is 5.58 Å². The van der Waals surface area contributed by atoms with Crippen molar-refractivity contribution in [2.24, 2.45) is 0 Å². The highest BCUT2D eigenvalue weighted by Crippen LogP contribution is 2.32. The van der Waals surface area contributed by atoms with Crippen molar-refractivity contribution in [2.75, 3.05) is 17.3 Å². The minimum atomic E-state index is -0.670. The van der Waals surface area contributed by atoms with Crippen LogP contribution in [0.2, 0.25) is 0 Å². The van der Waals surface area contributed by atoms with Crippen molar-refractivity contribution in [3.63, 3.8) is 0 Å². The van der Waals surface area contributed by atoms with E-state index in [9.17, 15) is 14.7 Å². The van der Waals surface area contributed by atoms with Crippen LogP contribution in [-0.4, -0.2) is 18.2 Å². The van der Waals surface area contributed by atoms with Gasteiger partial charge in [-0.1, -0.05) is 24.8 Å². The van der Waals surface area contributed by atoms with Gasteiger partial charge in [-0.15, -0.1) is 11.3 Å². The van der Waals surface area contributed by atoms with Gasteiger partial charge in [-0.25, -0.2) is 9.59 Å². The normalized spacial score (nSPS) is 10.6. The number of hydrogen-bond donors (Lipinski definition) is 2. The number of hydrogen-bond acceptors (Lipinski definition) is 5. The van der Waals surface area contributed by atoms with Crippen LogP contribution in [0.15, 0.2) is 52.2 Å². The summed E-state index contributed by atoms with van der Waals surface area (Å²) in [6.45, 7) is 5.25. The van der Waals surface area contributed by atoms with Crippen molar-refractivity contribution in [3.05, 3.63) is 64.5 Å². The lowest BCUT2D eigenvalue weighted by Gasteiger charge is -2.16. The van der Waals surface area contributed by atoms with Crippen molar-refractivity contribution in [1.82, 2.24) is 0 Å². The second-order valence-corrected chi connectivity index (χ2v) is 6.57. The third-order valence-corrected chi connectivity index (χ3v) is 4.88. The van der Waals surface area contributed by atoms with Crippen molar-refractivity contribution in [1.29, 1.82) is 0 Å². The van der Waals surface area contributed by atoms with E-state index in [1.165, 1.54) is 22.3 Å². The molecule has 0 aliphatic rings. The van der Waals surface area contributed by atoms with Crippen LogP contribution < -0.4 is 15.8 Å². The van der Waals surface area contributed by atoms with Crippen LogP contribution in [0, 0.1) is 6.92 Å². The van der Waals surface area contributed by atoms with Gasteiger partial charge >= 0.3 is 11.7 Å². The van der Waals surface area contributed by atoms with Crippen LogP contribution in [0.5, 0.6) is 0 Å². The number of nitrogens with one attached hydrogen (secondary N) is 1. The zero-order valence-corrected chi connectivity index (χ0v) is 14.5. The number of aryl methyl sites for hydroxylation is 1. The lowest BCUT2D eigenvalue weighted by Crippen LogP contribution is -2.30. The van der Waals surface area contributed by atoms with Crippen LogP contribution in [0.4, 0.5) is 15.5 Å². The summed E-state index contributed by atoms with van der Waals surface area (Å²) >= 11 is 1.27. The number of aliphatic hydroxyl groups is 1. The minimum absolute atomic E-state index is 0.00733. The Balaban J connectivity index is 1.90. The molecule has 0 fully saturated rings. The Morgan fingerprint density at radius 2 is 2.04 bits per heavy atom. The van der Waals surface area contributed by atoms with E-state index in [0.29, 0.717) is 15.3 Å². The number of urea groups is 1. The number of rotatable bonds is 3. The molecule has 3 rings (SSSR count). The standard InChI is InChI=1S/C18H16N2O4S/c1-10-6-4-5-7-13(10)19-18(23)20(3)16-9-14-15(25-16)8-12(11(2)21)17(22)24-14/h4-9,21H,2H2,1,3H3,(H,19,23). The first-order valence-electron chi connectivity index (χ1n) is 7.43. The second kappa shape index (κ2) is 6.45. The highest BCUT2D eigenvalue weighted by atomic mass is 32.1. The van der Waals surface area contributed by atoms with Crippen molar-refractivity contribution in [3.8, 4) is 0 Å². The molecular weight excluding hydrogens is 340 g/mol. The number of amides is 2. The summed E-state index contributed by atoms with van der Waals surface area (Å²) in [5.41, 5.74) is 1.37. The topological polar surface area (TPSA) is 82.8 Å². The largest absolute Gasteiger partial charge is 0.508 e. The fourth-order valence-electron chi connectivity index (χ4n) is 2.28. The summed E-state index contributed by atoms with van der Waals surface area (Å²) in [5.74, 6) is -0.351. The Morgan fingerprint density at radius 3 is 2.72 bits per heavy atom. The molecule has 0 saturated carbocycles. The molecule has 2 N–H and O–H groups in total. The molecule has 1 aromatic carbocycles. The summed E-state index contributed by atoms with van der Waals surface area (Å²) in [7, 11) is 1.63. The van der Waals surface area contributed by atoms with Gasteiger partial charge in [0.25, 0.3) is 0 Å². The molecule has 0 unspecified atom stereocenters. The van der Waals surface area contributed by atoms with Crippen LogP contribution >= 0.6 is 11.3 Å². The predicted molar refractivity (Wildman–Crippen MR) is 101 cm³/mol. The van der Waals surface area contributed by atoms with E-state index < -0.39 is 5.63 Å².